The number of nitrogens with zero attached hydrogens (tertiary/aromatic N) is 2. The first-order chi connectivity index (χ1) is 9.77. The number of likely N-dealkylation sites (N-methyl/N-ethyl adjacent to an activating group) is 1. The summed E-state index contributed by atoms with van der Waals surface area (Å²) in [4.78, 5) is 6.80. The van der Waals surface area contributed by atoms with Crippen LogP contribution < -0.4 is 0 Å². The van der Waals surface area contributed by atoms with Gasteiger partial charge in [-0.3, -0.25) is 4.99 Å². The van der Waals surface area contributed by atoms with Gasteiger partial charge in [0.15, 0.2) is 0 Å². The fourth-order valence-corrected chi connectivity index (χ4v) is 2.73. The van der Waals surface area contributed by atoms with Gasteiger partial charge in [-0.05, 0) is 16.7 Å². The van der Waals surface area contributed by atoms with Crippen molar-refractivity contribution in [2.24, 2.45) is 4.99 Å². The molecule has 0 fully saturated rings. The van der Waals surface area contributed by atoms with Crippen LogP contribution in [0.2, 0.25) is 0 Å². The van der Waals surface area contributed by atoms with E-state index < -0.39 is 0 Å². The van der Waals surface area contributed by atoms with Crippen molar-refractivity contribution in [2.75, 3.05) is 7.05 Å². The third-order valence-electron chi connectivity index (χ3n) is 3.79. The molecule has 2 unspecified atom stereocenters. The summed E-state index contributed by atoms with van der Waals surface area (Å²) >= 11 is 0. The Morgan fingerprint density at radius 1 is 1.00 bits per heavy atom. The minimum absolute atomic E-state index is 0.119. The summed E-state index contributed by atoms with van der Waals surface area (Å²) in [6, 6.07) is 21.1. The van der Waals surface area contributed by atoms with Crippen LogP contribution in [0.4, 0.5) is 0 Å². The highest BCUT2D eigenvalue weighted by molar-refractivity contribution is 5.74. The molecule has 100 valence electrons. The highest BCUT2D eigenvalue weighted by atomic mass is 15.2. The van der Waals surface area contributed by atoms with Gasteiger partial charge in [0.2, 0.25) is 0 Å². The largest absolute Gasteiger partial charge is 0.356 e. The predicted molar refractivity (Wildman–Crippen MR) is 84.7 cm³/mol. The fraction of sp³-hybridized carbons (Fsp3) is 0.167. The first-order valence-electron chi connectivity index (χ1n) is 6.82. The Morgan fingerprint density at radius 3 is 2.25 bits per heavy atom. The van der Waals surface area contributed by atoms with Gasteiger partial charge in [-0.2, -0.15) is 0 Å². The molecule has 1 aliphatic rings. The third kappa shape index (κ3) is 2.25. The average Bonchev–Trinajstić information content (AvgIpc) is 2.90. The second-order valence-electron chi connectivity index (χ2n) is 5.12. The molecule has 2 heteroatoms. The normalized spacial score (nSPS) is 21.1. The zero-order chi connectivity index (χ0) is 13.9. The maximum atomic E-state index is 4.66. The molecule has 2 nitrogen and oxygen atoms in total. The van der Waals surface area contributed by atoms with Crippen LogP contribution in [0.15, 0.2) is 72.2 Å². The van der Waals surface area contributed by atoms with Crippen molar-refractivity contribution >= 4 is 11.9 Å². The molecule has 2 aromatic carbocycles. The first kappa shape index (κ1) is 12.7. The quantitative estimate of drug-likeness (QED) is 0.822. The number of hydrogen-bond acceptors (Lipinski definition) is 2. The Balaban J connectivity index is 1.93. The van der Waals surface area contributed by atoms with Gasteiger partial charge in [-0.25, -0.2) is 0 Å². The van der Waals surface area contributed by atoms with E-state index in [9.17, 15) is 0 Å². The number of aliphatic imine (C=N–C) groups is 1. The monoisotopic (exact) mass is 262 g/mol. The van der Waals surface area contributed by atoms with Crippen molar-refractivity contribution in [3.8, 4) is 0 Å². The summed E-state index contributed by atoms with van der Waals surface area (Å²) in [7, 11) is 2.06. The number of rotatable bonds is 3. The number of benzene rings is 2. The lowest BCUT2D eigenvalue weighted by Crippen LogP contribution is -2.30. The lowest BCUT2D eigenvalue weighted by Gasteiger charge is -2.27. The van der Waals surface area contributed by atoms with Gasteiger partial charge < -0.3 is 4.90 Å². The molecule has 0 spiro atoms. The first-order valence-corrected chi connectivity index (χ1v) is 6.82. The van der Waals surface area contributed by atoms with Crippen LogP contribution in [0.1, 0.15) is 17.2 Å². The lowest BCUT2D eigenvalue weighted by molar-refractivity contribution is 0.435. The van der Waals surface area contributed by atoms with Crippen LogP contribution in [0.3, 0.4) is 0 Å². The van der Waals surface area contributed by atoms with Crippen molar-refractivity contribution in [3.05, 3.63) is 78.4 Å². The highest BCUT2D eigenvalue weighted by Gasteiger charge is 2.32. The predicted octanol–water partition coefficient (Wildman–Crippen LogP) is 3.78. The van der Waals surface area contributed by atoms with Crippen LogP contribution in [0, 0.1) is 0 Å². The van der Waals surface area contributed by atoms with Crippen LogP contribution in [0.5, 0.6) is 0 Å². The Bertz CT molecular complexity index is 616. The summed E-state index contributed by atoms with van der Waals surface area (Å²) < 4.78 is 0. The standard InChI is InChI=1S/C18H18N2/c1-14(15-9-5-3-6-10-15)18-17(19-13-20(18)2)16-11-7-4-8-12-16/h3-13,17-18H,1H2,2H3. The Morgan fingerprint density at radius 2 is 1.60 bits per heavy atom. The Hall–Kier alpha value is -2.35. The van der Waals surface area contributed by atoms with Crippen molar-refractivity contribution in [1.82, 2.24) is 4.90 Å². The minimum atomic E-state index is 0.119. The molecule has 0 radical (unpaired) electrons. The van der Waals surface area contributed by atoms with E-state index in [4.69, 9.17) is 0 Å². The van der Waals surface area contributed by atoms with E-state index in [0.717, 1.165) is 5.57 Å². The van der Waals surface area contributed by atoms with E-state index in [1.807, 2.05) is 30.6 Å². The SMILES string of the molecule is C=C(c1ccccc1)C1C(c2ccccc2)N=CN1C. The van der Waals surface area contributed by atoms with E-state index >= 15 is 0 Å². The van der Waals surface area contributed by atoms with Gasteiger partial charge in [-0.15, -0.1) is 0 Å². The molecule has 0 amide bonds. The summed E-state index contributed by atoms with van der Waals surface area (Å²) in [5.41, 5.74) is 3.52. The molecule has 0 N–H and O–H groups in total. The maximum absolute atomic E-state index is 4.66. The molecule has 3 rings (SSSR count). The molecule has 20 heavy (non-hydrogen) atoms. The van der Waals surface area contributed by atoms with Gasteiger partial charge in [0, 0.05) is 7.05 Å². The fourth-order valence-electron chi connectivity index (χ4n) is 2.73. The van der Waals surface area contributed by atoms with Gasteiger partial charge in [0.25, 0.3) is 0 Å². The minimum Gasteiger partial charge on any atom is -0.356 e. The molecule has 0 aliphatic carbocycles. The van der Waals surface area contributed by atoms with Crippen LogP contribution >= 0.6 is 0 Å². The van der Waals surface area contributed by atoms with Crippen molar-refractivity contribution in [1.29, 1.82) is 0 Å². The van der Waals surface area contributed by atoms with E-state index in [1.54, 1.807) is 0 Å². The molecule has 0 saturated carbocycles. The molecule has 0 bridgehead atoms. The van der Waals surface area contributed by atoms with Gasteiger partial charge in [0.1, 0.15) is 6.04 Å². The van der Waals surface area contributed by atoms with E-state index in [1.165, 1.54) is 11.1 Å². The Kier molecular flexibility index (Phi) is 3.38. The zero-order valence-electron chi connectivity index (χ0n) is 11.6. The van der Waals surface area contributed by atoms with E-state index in [0.29, 0.717) is 0 Å². The van der Waals surface area contributed by atoms with Crippen LogP contribution in [-0.2, 0) is 0 Å². The van der Waals surface area contributed by atoms with Crippen molar-refractivity contribution in [2.45, 2.75) is 12.1 Å². The summed E-state index contributed by atoms with van der Waals surface area (Å²) in [6.07, 6.45) is 1.91. The highest BCUT2D eigenvalue weighted by Crippen LogP contribution is 2.35. The van der Waals surface area contributed by atoms with Crippen molar-refractivity contribution < 1.29 is 0 Å². The molecule has 2 aromatic rings. The smallest absolute Gasteiger partial charge is 0.101 e. The zero-order valence-corrected chi connectivity index (χ0v) is 11.6. The Labute approximate surface area is 120 Å². The lowest BCUT2D eigenvalue weighted by atomic mass is 9.91. The summed E-state index contributed by atoms with van der Waals surface area (Å²) in [6.45, 7) is 4.31. The summed E-state index contributed by atoms with van der Waals surface area (Å²) in [5, 5.41) is 0. The van der Waals surface area contributed by atoms with Gasteiger partial charge in [0.05, 0.1) is 12.4 Å². The topological polar surface area (TPSA) is 15.6 Å². The molecular formula is C18H18N2. The van der Waals surface area contributed by atoms with E-state index in [2.05, 4.69) is 59.9 Å². The van der Waals surface area contributed by atoms with Crippen LogP contribution in [0.25, 0.3) is 5.57 Å². The summed E-state index contributed by atoms with van der Waals surface area (Å²) in [5.74, 6) is 0. The molecule has 1 aliphatic heterocycles. The molecule has 2 atom stereocenters. The maximum Gasteiger partial charge on any atom is 0.101 e. The molecule has 1 heterocycles. The average molecular weight is 262 g/mol. The van der Waals surface area contributed by atoms with Crippen molar-refractivity contribution in [3.63, 3.8) is 0 Å². The van der Waals surface area contributed by atoms with Gasteiger partial charge in [-0.1, -0.05) is 67.2 Å². The van der Waals surface area contributed by atoms with Crippen LogP contribution in [-0.4, -0.2) is 24.3 Å². The second kappa shape index (κ2) is 5.33. The molecular weight excluding hydrogens is 244 g/mol. The molecule has 0 saturated heterocycles. The van der Waals surface area contributed by atoms with Gasteiger partial charge >= 0.3 is 0 Å². The van der Waals surface area contributed by atoms with E-state index in [-0.39, 0.29) is 12.1 Å². The number of hydrogen-bond donors (Lipinski definition) is 0. The third-order valence-corrected chi connectivity index (χ3v) is 3.79. The second-order valence-corrected chi connectivity index (χ2v) is 5.12. The molecule has 0 aromatic heterocycles.